The average molecular weight is 370 g/mol. The number of aryl methyl sites for hydroxylation is 1. The highest BCUT2D eigenvalue weighted by Gasteiger charge is 2.24. The summed E-state index contributed by atoms with van der Waals surface area (Å²) in [5.41, 5.74) is 3.19. The molecule has 0 unspecified atom stereocenters. The van der Waals surface area contributed by atoms with Crippen LogP contribution in [0, 0.1) is 6.92 Å². The van der Waals surface area contributed by atoms with Gasteiger partial charge in [0.25, 0.3) is 5.91 Å². The third-order valence-electron chi connectivity index (χ3n) is 4.57. The van der Waals surface area contributed by atoms with Gasteiger partial charge in [-0.05, 0) is 50.0 Å². The molecule has 1 aromatic heterocycles. The van der Waals surface area contributed by atoms with E-state index in [0.717, 1.165) is 35.4 Å². The van der Waals surface area contributed by atoms with Gasteiger partial charge >= 0.3 is 0 Å². The molecule has 4 rings (SSSR count). The fraction of sp³-hybridized carbons (Fsp3) is 0.316. The lowest BCUT2D eigenvalue weighted by Gasteiger charge is -2.29. The molecule has 0 atom stereocenters. The number of aromatic nitrogens is 1. The Balaban J connectivity index is 1.85. The number of hydrogen-bond acceptors (Lipinski definition) is 5. The normalized spacial score (nSPS) is 19.7. The van der Waals surface area contributed by atoms with E-state index in [1.165, 1.54) is 36.6 Å². The number of thioether (sulfide) groups is 1. The molecule has 1 N–H and O–H groups in total. The first-order valence-corrected chi connectivity index (χ1v) is 9.74. The Kier molecular flexibility index (Phi) is 4.48. The first kappa shape index (κ1) is 16.5. The zero-order chi connectivity index (χ0) is 17.4. The van der Waals surface area contributed by atoms with Crippen molar-refractivity contribution in [3.8, 4) is 0 Å². The molecular weight excluding hydrogens is 350 g/mol. The van der Waals surface area contributed by atoms with Crippen molar-refractivity contribution in [2.45, 2.75) is 26.2 Å². The van der Waals surface area contributed by atoms with Crippen LogP contribution in [0.4, 0.5) is 5.82 Å². The van der Waals surface area contributed by atoms with Crippen LogP contribution in [0.15, 0.2) is 29.2 Å². The van der Waals surface area contributed by atoms with E-state index in [9.17, 15) is 4.79 Å². The fourth-order valence-corrected chi connectivity index (χ4v) is 4.35. The summed E-state index contributed by atoms with van der Waals surface area (Å²) in [5, 5.41) is 3.77. The number of rotatable bonds is 2. The van der Waals surface area contributed by atoms with E-state index < -0.39 is 0 Å². The second kappa shape index (κ2) is 6.77. The summed E-state index contributed by atoms with van der Waals surface area (Å²) in [4.78, 5) is 20.0. The molecular formula is C19H19N3OS2. The number of benzene rings is 1. The molecule has 0 spiro atoms. The highest BCUT2D eigenvalue weighted by atomic mass is 32.2. The van der Waals surface area contributed by atoms with E-state index in [2.05, 4.69) is 41.4 Å². The summed E-state index contributed by atoms with van der Waals surface area (Å²) >= 11 is 6.42. The van der Waals surface area contributed by atoms with Gasteiger partial charge in [-0.2, -0.15) is 0 Å². The first-order valence-electron chi connectivity index (χ1n) is 8.51. The lowest BCUT2D eigenvalue weighted by molar-refractivity contribution is -0.115. The Morgan fingerprint density at radius 2 is 2.04 bits per heavy atom. The van der Waals surface area contributed by atoms with E-state index in [1.54, 1.807) is 0 Å². The van der Waals surface area contributed by atoms with E-state index in [1.807, 2.05) is 6.08 Å². The smallest absolute Gasteiger partial charge is 0.263 e. The number of piperidine rings is 1. The van der Waals surface area contributed by atoms with Crippen LogP contribution in [0.25, 0.3) is 17.0 Å². The number of carbonyl (C=O) groups is 1. The van der Waals surface area contributed by atoms with Crippen LogP contribution < -0.4 is 10.2 Å². The molecule has 1 amide bonds. The molecule has 0 radical (unpaired) electrons. The van der Waals surface area contributed by atoms with Crippen molar-refractivity contribution >= 4 is 57.0 Å². The quantitative estimate of drug-likeness (QED) is 0.640. The number of carbonyl (C=O) groups excluding carboxylic acids is 1. The first-order chi connectivity index (χ1) is 12.1. The van der Waals surface area contributed by atoms with Gasteiger partial charge in [0.1, 0.15) is 10.1 Å². The third-order valence-corrected chi connectivity index (χ3v) is 5.73. The minimum Gasteiger partial charge on any atom is -0.356 e. The number of thiocarbonyl (C=S) groups is 1. The van der Waals surface area contributed by atoms with Crippen LogP contribution in [-0.4, -0.2) is 28.3 Å². The van der Waals surface area contributed by atoms with Crippen molar-refractivity contribution in [2.24, 2.45) is 0 Å². The lowest BCUT2D eigenvalue weighted by atomic mass is 10.1. The van der Waals surface area contributed by atoms with E-state index in [-0.39, 0.29) is 5.91 Å². The topological polar surface area (TPSA) is 45.2 Å². The lowest BCUT2D eigenvalue weighted by Crippen LogP contribution is -2.30. The van der Waals surface area contributed by atoms with Crippen molar-refractivity contribution in [1.29, 1.82) is 0 Å². The van der Waals surface area contributed by atoms with Gasteiger partial charge in [-0.1, -0.05) is 36.1 Å². The van der Waals surface area contributed by atoms with Gasteiger partial charge in [0.15, 0.2) is 0 Å². The highest BCUT2D eigenvalue weighted by molar-refractivity contribution is 8.26. The molecule has 3 heterocycles. The molecule has 25 heavy (non-hydrogen) atoms. The summed E-state index contributed by atoms with van der Waals surface area (Å²) in [6.45, 7) is 4.11. The minimum absolute atomic E-state index is 0.122. The number of nitrogens with zero attached hydrogens (tertiary/aromatic N) is 2. The highest BCUT2D eigenvalue weighted by Crippen LogP contribution is 2.32. The Morgan fingerprint density at radius 3 is 2.76 bits per heavy atom. The molecule has 0 aliphatic carbocycles. The Morgan fingerprint density at radius 1 is 1.24 bits per heavy atom. The van der Waals surface area contributed by atoms with E-state index in [0.29, 0.717) is 9.23 Å². The van der Waals surface area contributed by atoms with E-state index in [4.69, 9.17) is 17.2 Å². The standard InChI is InChI=1S/C19H19N3OS2/c1-12-5-6-13-10-14(11-16-18(23)21-19(24)25-16)17(20-15(13)9-12)22-7-3-2-4-8-22/h5-6,9-11H,2-4,7-8H2,1H3,(H,21,23,24)/b16-11+. The summed E-state index contributed by atoms with van der Waals surface area (Å²) in [6, 6.07) is 8.43. The Hall–Kier alpha value is -1.92. The van der Waals surface area contributed by atoms with Gasteiger partial charge in [-0.25, -0.2) is 4.98 Å². The Bertz CT molecular complexity index is 901. The summed E-state index contributed by atoms with van der Waals surface area (Å²) in [7, 11) is 0. The Labute approximate surface area is 156 Å². The van der Waals surface area contributed by atoms with Crippen LogP contribution >= 0.6 is 24.0 Å². The molecule has 1 aromatic carbocycles. The second-order valence-corrected chi connectivity index (χ2v) is 8.22. The number of pyridine rings is 1. The van der Waals surface area contributed by atoms with Crippen LogP contribution in [0.3, 0.4) is 0 Å². The van der Waals surface area contributed by atoms with Gasteiger partial charge in [0.2, 0.25) is 0 Å². The maximum atomic E-state index is 12.1. The summed E-state index contributed by atoms with van der Waals surface area (Å²) in [5.74, 6) is 0.847. The van der Waals surface area contributed by atoms with Crippen LogP contribution in [0.5, 0.6) is 0 Å². The molecule has 6 heteroatoms. The molecule has 2 saturated heterocycles. The average Bonchev–Trinajstić information content (AvgIpc) is 2.92. The SMILES string of the molecule is Cc1ccc2cc(/C=C3/SC(=S)NC3=O)c(N3CCCCC3)nc2c1. The maximum absolute atomic E-state index is 12.1. The summed E-state index contributed by atoms with van der Waals surface area (Å²) in [6.07, 6.45) is 5.56. The van der Waals surface area contributed by atoms with Crippen LogP contribution in [0.1, 0.15) is 30.4 Å². The number of anilines is 1. The maximum Gasteiger partial charge on any atom is 0.263 e. The van der Waals surface area contributed by atoms with Crippen LogP contribution in [0.2, 0.25) is 0 Å². The van der Waals surface area contributed by atoms with Crippen molar-refractivity contribution in [3.63, 3.8) is 0 Å². The zero-order valence-corrected chi connectivity index (χ0v) is 15.7. The summed E-state index contributed by atoms with van der Waals surface area (Å²) < 4.78 is 0.514. The van der Waals surface area contributed by atoms with Crippen molar-refractivity contribution in [3.05, 3.63) is 40.3 Å². The molecule has 2 aromatic rings. The number of fused-ring (bicyclic) bond motifs is 1. The molecule has 0 bridgehead atoms. The number of nitrogens with one attached hydrogen (secondary N) is 1. The predicted octanol–water partition coefficient (Wildman–Crippen LogP) is 4.02. The molecule has 2 aliphatic rings. The number of hydrogen-bond donors (Lipinski definition) is 1. The third kappa shape index (κ3) is 3.41. The largest absolute Gasteiger partial charge is 0.356 e. The van der Waals surface area contributed by atoms with Crippen molar-refractivity contribution < 1.29 is 4.79 Å². The fourth-order valence-electron chi connectivity index (χ4n) is 3.31. The van der Waals surface area contributed by atoms with E-state index >= 15 is 0 Å². The van der Waals surface area contributed by atoms with Gasteiger partial charge < -0.3 is 10.2 Å². The van der Waals surface area contributed by atoms with Crippen molar-refractivity contribution in [1.82, 2.24) is 10.3 Å². The molecule has 2 fully saturated rings. The van der Waals surface area contributed by atoms with Crippen molar-refractivity contribution in [2.75, 3.05) is 18.0 Å². The molecule has 4 nitrogen and oxygen atoms in total. The monoisotopic (exact) mass is 369 g/mol. The van der Waals surface area contributed by atoms with Gasteiger partial charge in [-0.3, -0.25) is 4.79 Å². The molecule has 128 valence electrons. The molecule has 2 aliphatic heterocycles. The van der Waals surface area contributed by atoms with Crippen LogP contribution in [-0.2, 0) is 4.79 Å². The number of amides is 1. The predicted molar refractivity (Wildman–Crippen MR) is 109 cm³/mol. The second-order valence-electron chi connectivity index (χ2n) is 6.50. The zero-order valence-electron chi connectivity index (χ0n) is 14.0. The minimum atomic E-state index is -0.122. The van der Waals surface area contributed by atoms with Gasteiger partial charge in [-0.15, -0.1) is 0 Å². The molecule has 0 saturated carbocycles. The van der Waals surface area contributed by atoms with Gasteiger partial charge in [0.05, 0.1) is 10.4 Å². The van der Waals surface area contributed by atoms with Gasteiger partial charge in [0, 0.05) is 24.0 Å².